The molecule has 0 aliphatic heterocycles. The van der Waals surface area contributed by atoms with Crippen molar-refractivity contribution >= 4 is 42.7 Å². The summed E-state index contributed by atoms with van der Waals surface area (Å²) in [5.74, 6) is 1.44. The third-order valence-corrected chi connectivity index (χ3v) is 10.1. The van der Waals surface area contributed by atoms with E-state index >= 15 is 0 Å². The molecule has 8 aromatic rings. The van der Waals surface area contributed by atoms with E-state index in [0.717, 1.165) is 42.7 Å². The van der Waals surface area contributed by atoms with Crippen molar-refractivity contribution < 1.29 is 2.74 Å². The molecule has 4 heteroatoms. The Labute approximate surface area is 283 Å². The Balaban J connectivity index is 1.39. The number of pyridine rings is 1. The van der Waals surface area contributed by atoms with Crippen LogP contribution in [0.2, 0.25) is 0 Å². The van der Waals surface area contributed by atoms with Gasteiger partial charge in [0.15, 0.2) is 0 Å². The van der Waals surface area contributed by atoms with Crippen LogP contribution in [0.25, 0.3) is 59.5 Å². The predicted octanol–water partition coefficient (Wildman–Crippen LogP) is 12.0. The zero-order valence-corrected chi connectivity index (χ0v) is 27.8. The molecule has 0 bridgehead atoms. The first kappa shape index (κ1) is 27.1. The van der Waals surface area contributed by atoms with Crippen LogP contribution in [0, 0.1) is 0 Å². The average Bonchev–Trinajstić information content (AvgIpc) is 3.70. The van der Waals surface area contributed by atoms with Crippen molar-refractivity contribution in [2.24, 2.45) is 0 Å². The van der Waals surface area contributed by atoms with Gasteiger partial charge in [0.25, 0.3) is 0 Å². The second kappa shape index (κ2) is 11.9. The highest BCUT2D eigenvalue weighted by Gasteiger charge is 2.25. The smallest absolute Gasteiger partial charge is 0.147 e. The van der Waals surface area contributed by atoms with Crippen molar-refractivity contribution in [1.29, 1.82) is 0 Å². The SMILES string of the molecule is [2H]C([2H])(c1ccccc1)c1ccc2c(n1)sc1c(-c3nc4ccccc4n3-c3c(C(C)C)cc(-c4ccccc4)cc3C(C)C)cccc12. The first-order valence-corrected chi connectivity index (χ1v) is 17.1. The summed E-state index contributed by atoms with van der Waals surface area (Å²) in [5, 5.41) is 2.12. The normalized spacial score (nSPS) is 12.8. The van der Waals surface area contributed by atoms with Crippen molar-refractivity contribution in [3.05, 3.63) is 150 Å². The van der Waals surface area contributed by atoms with Crippen LogP contribution in [0.4, 0.5) is 0 Å². The van der Waals surface area contributed by atoms with Crippen LogP contribution < -0.4 is 0 Å². The van der Waals surface area contributed by atoms with Gasteiger partial charge in [0.05, 0.1) is 16.7 Å². The number of benzene rings is 5. The summed E-state index contributed by atoms with van der Waals surface area (Å²) < 4.78 is 21.4. The van der Waals surface area contributed by atoms with E-state index in [2.05, 4.69) is 117 Å². The van der Waals surface area contributed by atoms with Crippen molar-refractivity contribution in [3.63, 3.8) is 0 Å². The van der Waals surface area contributed by atoms with Gasteiger partial charge in [-0.05, 0) is 82.1 Å². The second-order valence-electron chi connectivity index (χ2n) is 12.8. The van der Waals surface area contributed by atoms with Gasteiger partial charge in [-0.1, -0.05) is 113 Å². The van der Waals surface area contributed by atoms with Crippen LogP contribution in [-0.2, 0) is 6.37 Å². The van der Waals surface area contributed by atoms with Gasteiger partial charge in [-0.15, -0.1) is 11.3 Å². The molecule has 3 aromatic heterocycles. The third kappa shape index (κ3) is 5.23. The van der Waals surface area contributed by atoms with E-state index in [1.165, 1.54) is 27.9 Å². The zero-order valence-electron chi connectivity index (χ0n) is 29.0. The molecule has 47 heavy (non-hydrogen) atoms. The Hall–Kier alpha value is -5.06. The first-order valence-electron chi connectivity index (χ1n) is 17.3. The minimum atomic E-state index is -1.71. The summed E-state index contributed by atoms with van der Waals surface area (Å²) in [6.07, 6.45) is -1.71. The maximum absolute atomic E-state index is 8.95. The van der Waals surface area contributed by atoms with Gasteiger partial charge in [-0.2, -0.15) is 0 Å². The number of thiophene rings is 1. The molecule has 3 heterocycles. The molecular weight excluding hydrogens is 591 g/mol. The average molecular weight is 630 g/mol. The molecule has 0 atom stereocenters. The second-order valence-corrected chi connectivity index (χ2v) is 13.8. The fourth-order valence-corrected chi connectivity index (χ4v) is 7.83. The van der Waals surface area contributed by atoms with Gasteiger partial charge < -0.3 is 0 Å². The molecule has 0 radical (unpaired) electrons. The lowest BCUT2D eigenvalue weighted by atomic mass is 9.88. The standard InChI is InChI=1S/C43H37N3S/c1-27(2)36-25-31(30-16-9-6-10-17-30)26-37(28(3)4)40(36)46-39-21-12-11-20-38(39)45-42(46)35-19-13-18-33-34-23-22-32(44-43(34)47-41(33)35)24-29-14-7-5-8-15-29/h5-23,25-28H,24H2,1-4H3/i24D2. The molecule has 0 aliphatic rings. The fraction of sp³-hybridized carbons (Fsp3) is 0.163. The maximum Gasteiger partial charge on any atom is 0.147 e. The minimum absolute atomic E-state index is 0.271. The van der Waals surface area contributed by atoms with Crippen molar-refractivity contribution in [3.8, 4) is 28.2 Å². The molecule has 0 fully saturated rings. The van der Waals surface area contributed by atoms with E-state index in [-0.39, 0.29) is 11.8 Å². The maximum atomic E-state index is 8.95. The monoisotopic (exact) mass is 629 g/mol. The Morgan fingerprint density at radius 2 is 1.34 bits per heavy atom. The van der Waals surface area contributed by atoms with Crippen molar-refractivity contribution in [2.45, 2.75) is 45.9 Å². The highest BCUT2D eigenvalue weighted by molar-refractivity contribution is 7.26. The molecular formula is C43H37N3S. The molecule has 0 saturated carbocycles. The quantitative estimate of drug-likeness (QED) is 0.176. The number of hydrogen-bond acceptors (Lipinski definition) is 3. The molecule has 8 rings (SSSR count). The predicted molar refractivity (Wildman–Crippen MR) is 200 cm³/mol. The molecule has 0 saturated heterocycles. The third-order valence-electron chi connectivity index (χ3n) is 8.96. The fourth-order valence-electron chi connectivity index (χ4n) is 6.64. The number of rotatable bonds is 7. The Kier molecular flexibility index (Phi) is 6.89. The number of fused-ring (bicyclic) bond motifs is 4. The van der Waals surface area contributed by atoms with Crippen LogP contribution in [0.3, 0.4) is 0 Å². The van der Waals surface area contributed by atoms with Crippen LogP contribution in [0.5, 0.6) is 0 Å². The number of para-hydroxylation sites is 2. The molecule has 3 nitrogen and oxygen atoms in total. The van der Waals surface area contributed by atoms with Crippen LogP contribution in [0.15, 0.2) is 127 Å². The zero-order chi connectivity index (χ0) is 33.9. The molecule has 0 N–H and O–H groups in total. The van der Waals surface area contributed by atoms with E-state index in [4.69, 9.17) is 12.7 Å². The summed E-state index contributed by atoms with van der Waals surface area (Å²) in [6, 6.07) is 43.4. The summed E-state index contributed by atoms with van der Waals surface area (Å²) >= 11 is 1.61. The number of aromatic nitrogens is 3. The molecule has 0 amide bonds. The van der Waals surface area contributed by atoms with Gasteiger partial charge in [-0.3, -0.25) is 4.57 Å². The van der Waals surface area contributed by atoms with Gasteiger partial charge in [0.1, 0.15) is 10.7 Å². The molecule has 5 aromatic carbocycles. The highest BCUT2D eigenvalue weighted by atomic mass is 32.1. The van der Waals surface area contributed by atoms with Gasteiger partial charge in [-0.25, -0.2) is 9.97 Å². The van der Waals surface area contributed by atoms with Gasteiger partial charge in [0, 0.05) is 35.8 Å². The number of nitrogens with zero attached hydrogens (tertiary/aromatic N) is 3. The Morgan fingerprint density at radius 3 is 2.06 bits per heavy atom. The van der Waals surface area contributed by atoms with E-state index in [1.807, 2.05) is 42.5 Å². The Bertz CT molecular complexity index is 2450. The first-order chi connectivity index (χ1) is 23.7. The van der Waals surface area contributed by atoms with E-state index in [1.54, 1.807) is 11.3 Å². The highest BCUT2D eigenvalue weighted by Crippen LogP contribution is 2.43. The molecule has 230 valence electrons. The van der Waals surface area contributed by atoms with Crippen LogP contribution in [0.1, 0.15) is 64.7 Å². The molecule has 0 aliphatic carbocycles. The van der Waals surface area contributed by atoms with Gasteiger partial charge in [0.2, 0.25) is 0 Å². The van der Waals surface area contributed by atoms with Crippen molar-refractivity contribution in [1.82, 2.24) is 14.5 Å². The number of imidazole rings is 1. The van der Waals surface area contributed by atoms with Gasteiger partial charge >= 0.3 is 0 Å². The lowest BCUT2D eigenvalue weighted by Crippen LogP contribution is -2.09. The van der Waals surface area contributed by atoms with E-state index in [0.29, 0.717) is 11.3 Å². The Morgan fingerprint density at radius 1 is 0.660 bits per heavy atom. The summed E-state index contributed by atoms with van der Waals surface area (Å²) in [6.45, 7) is 9.11. The summed E-state index contributed by atoms with van der Waals surface area (Å²) in [4.78, 5) is 11.1. The minimum Gasteiger partial charge on any atom is -0.292 e. The summed E-state index contributed by atoms with van der Waals surface area (Å²) in [5.41, 5.74) is 10.3. The van der Waals surface area contributed by atoms with E-state index in [9.17, 15) is 0 Å². The van der Waals surface area contributed by atoms with Crippen LogP contribution >= 0.6 is 11.3 Å². The lowest BCUT2D eigenvalue weighted by molar-refractivity contribution is 0.812. The van der Waals surface area contributed by atoms with E-state index < -0.39 is 6.37 Å². The van der Waals surface area contributed by atoms with Crippen molar-refractivity contribution in [2.75, 3.05) is 0 Å². The largest absolute Gasteiger partial charge is 0.292 e. The molecule has 0 unspecified atom stereocenters. The lowest BCUT2D eigenvalue weighted by Gasteiger charge is -2.24. The molecule has 0 spiro atoms. The number of hydrogen-bond donors (Lipinski definition) is 0. The summed E-state index contributed by atoms with van der Waals surface area (Å²) in [7, 11) is 0. The topological polar surface area (TPSA) is 30.7 Å². The van der Waals surface area contributed by atoms with Crippen LogP contribution in [-0.4, -0.2) is 14.5 Å².